The molecule has 0 aliphatic heterocycles. The summed E-state index contributed by atoms with van der Waals surface area (Å²) in [7, 11) is -3.91. The zero-order chi connectivity index (χ0) is 7.71. The summed E-state index contributed by atoms with van der Waals surface area (Å²) >= 11 is 5.48. The lowest BCUT2D eigenvalue weighted by atomic mass is 10.3. The van der Waals surface area contributed by atoms with Gasteiger partial charge in [-0.05, 0) is 13.8 Å². The lowest BCUT2D eigenvalue weighted by molar-refractivity contribution is 0.476. The quantitative estimate of drug-likeness (QED) is 0.497. The van der Waals surface area contributed by atoms with Crippen LogP contribution < -0.4 is 0 Å². The lowest BCUT2D eigenvalue weighted by Gasteiger charge is -2.11. The second-order valence-electron chi connectivity index (χ2n) is 2.44. The van der Waals surface area contributed by atoms with Gasteiger partial charge in [0.2, 0.25) is 0 Å². The molecule has 0 atom stereocenters. The highest BCUT2D eigenvalue weighted by Crippen LogP contribution is 2.13. The standard InChI is InChI=1S/C4H9ClO3S/c1-4(2,5)3-9(6,7)8/h3H2,1-2H3,(H,6,7,8). The Balaban J connectivity index is 4.07. The predicted octanol–water partition coefficient (Wildman–Crippen LogP) is 0.892. The van der Waals surface area contributed by atoms with E-state index in [1.807, 2.05) is 0 Å². The van der Waals surface area contributed by atoms with E-state index >= 15 is 0 Å². The zero-order valence-corrected chi connectivity index (χ0v) is 6.83. The van der Waals surface area contributed by atoms with Crippen LogP contribution in [0.25, 0.3) is 0 Å². The van der Waals surface area contributed by atoms with E-state index in [9.17, 15) is 8.42 Å². The number of rotatable bonds is 2. The number of halogens is 1. The van der Waals surface area contributed by atoms with Crippen LogP contribution in [0.4, 0.5) is 0 Å². The third kappa shape index (κ3) is 8.20. The molecular weight excluding hydrogens is 164 g/mol. The van der Waals surface area contributed by atoms with Crippen molar-refractivity contribution in [2.24, 2.45) is 0 Å². The van der Waals surface area contributed by atoms with Gasteiger partial charge in [-0.3, -0.25) is 4.55 Å². The van der Waals surface area contributed by atoms with Crippen molar-refractivity contribution < 1.29 is 13.0 Å². The summed E-state index contributed by atoms with van der Waals surface area (Å²) in [6, 6.07) is 0. The lowest BCUT2D eigenvalue weighted by Crippen LogP contribution is -2.23. The van der Waals surface area contributed by atoms with E-state index in [4.69, 9.17) is 16.2 Å². The van der Waals surface area contributed by atoms with Gasteiger partial charge < -0.3 is 0 Å². The highest BCUT2D eigenvalue weighted by atomic mass is 35.5. The first-order valence-electron chi connectivity index (χ1n) is 2.35. The van der Waals surface area contributed by atoms with Crippen LogP contribution in [-0.2, 0) is 10.1 Å². The molecule has 0 aromatic carbocycles. The Hall–Kier alpha value is 0.200. The summed E-state index contributed by atoms with van der Waals surface area (Å²) < 4.78 is 28.5. The highest BCUT2D eigenvalue weighted by Gasteiger charge is 2.21. The zero-order valence-electron chi connectivity index (χ0n) is 5.26. The predicted molar refractivity (Wildman–Crippen MR) is 36.3 cm³/mol. The maximum Gasteiger partial charge on any atom is 0.266 e. The highest BCUT2D eigenvalue weighted by molar-refractivity contribution is 7.85. The van der Waals surface area contributed by atoms with Gasteiger partial charge in [-0.2, -0.15) is 8.42 Å². The summed E-state index contributed by atoms with van der Waals surface area (Å²) in [6.45, 7) is 3.03. The van der Waals surface area contributed by atoms with Gasteiger partial charge in [0, 0.05) is 0 Å². The van der Waals surface area contributed by atoms with E-state index in [0.29, 0.717) is 0 Å². The molecule has 5 heteroatoms. The van der Waals surface area contributed by atoms with Gasteiger partial charge in [-0.25, -0.2) is 0 Å². The molecule has 0 aromatic heterocycles. The van der Waals surface area contributed by atoms with E-state index in [2.05, 4.69) is 0 Å². The number of hydrogen-bond acceptors (Lipinski definition) is 2. The van der Waals surface area contributed by atoms with E-state index in [1.54, 1.807) is 0 Å². The molecule has 0 saturated carbocycles. The summed E-state index contributed by atoms with van der Waals surface area (Å²) in [4.78, 5) is -0.881. The summed E-state index contributed by atoms with van der Waals surface area (Å²) in [5.74, 6) is -0.415. The van der Waals surface area contributed by atoms with Crippen molar-refractivity contribution in [3.8, 4) is 0 Å². The van der Waals surface area contributed by atoms with Gasteiger partial charge >= 0.3 is 0 Å². The van der Waals surface area contributed by atoms with Crippen LogP contribution >= 0.6 is 11.6 Å². The van der Waals surface area contributed by atoms with E-state index in [0.717, 1.165) is 0 Å². The molecular formula is C4H9ClO3S. The molecule has 0 aliphatic rings. The Labute approximate surface area is 59.8 Å². The van der Waals surface area contributed by atoms with Crippen molar-refractivity contribution in [1.82, 2.24) is 0 Å². The molecule has 0 amide bonds. The molecule has 0 aliphatic carbocycles. The van der Waals surface area contributed by atoms with Gasteiger partial charge in [0.1, 0.15) is 0 Å². The second kappa shape index (κ2) is 2.44. The SMILES string of the molecule is CC(C)(Cl)CS(=O)(=O)O. The molecule has 3 nitrogen and oxygen atoms in total. The third-order valence-electron chi connectivity index (χ3n) is 0.526. The van der Waals surface area contributed by atoms with Crippen LogP contribution in [0.1, 0.15) is 13.8 Å². The number of alkyl halides is 1. The average molecular weight is 173 g/mol. The minimum Gasteiger partial charge on any atom is -0.285 e. The van der Waals surface area contributed by atoms with Crippen LogP contribution in [0.5, 0.6) is 0 Å². The first-order valence-corrected chi connectivity index (χ1v) is 4.33. The molecule has 0 aromatic rings. The van der Waals surface area contributed by atoms with E-state index in [1.165, 1.54) is 13.8 Å². The monoisotopic (exact) mass is 172 g/mol. The molecule has 9 heavy (non-hydrogen) atoms. The molecule has 0 radical (unpaired) electrons. The van der Waals surface area contributed by atoms with Crippen LogP contribution in [-0.4, -0.2) is 23.6 Å². The summed E-state index contributed by atoms with van der Waals surface area (Å²) in [5.41, 5.74) is 0. The Bertz CT molecular complexity index is 176. The first-order chi connectivity index (χ1) is 3.71. The Morgan fingerprint density at radius 3 is 1.89 bits per heavy atom. The Morgan fingerprint density at radius 2 is 1.89 bits per heavy atom. The fraction of sp³-hybridized carbons (Fsp3) is 1.00. The van der Waals surface area contributed by atoms with Crippen molar-refractivity contribution in [3.05, 3.63) is 0 Å². The van der Waals surface area contributed by atoms with Crippen molar-refractivity contribution in [2.75, 3.05) is 5.75 Å². The van der Waals surface area contributed by atoms with Gasteiger partial charge in [0.15, 0.2) is 0 Å². The molecule has 0 bridgehead atoms. The Morgan fingerprint density at radius 1 is 1.56 bits per heavy atom. The molecule has 1 N–H and O–H groups in total. The first kappa shape index (κ1) is 9.20. The second-order valence-corrected chi connectivity index (χ2v) is 4.92. The van der Waals surface area contributed by atoms with Crippen LogP contribution in [0.2, 0.25) is 0 Å². The van der Waals surface area contributed by atoms with Crippen molar-refractivity contribution in [1.29, 1.82) is 0 Å². The number of hydrogen-bond donors (Lipinski definition) is 1. The normalized spacial score (nSPS) is 13.8. The fourth-order valence-corrected chi connectivity index (χ4v) is 1.71. The van der Waals surface area contributed by atoms with Gasteiger partial charge in [-0.1, -0.05) is 0 Å². The third-order valence-corrected chi connectivity index (χ3v) is 1.90. The minimum absolute atomic E-state index is 0.415. The summed E-state index contributed by atoms with van der Waals surface area (Å²) in [5, 5.41) is 0. The Kier molecular flexibility index (Phi) is 2.49. The van der Waals surface area contributed by atoms with E-state index < -0.39 is 20.7 Å². The van der Waals surface area contributed by atoms with Crippen LogP contribution in [0, 0.1) is 0 Å². The molecule has 0 spiro atoms. The molecule has 0 rings (SSSR count). The van der Waals surface area contributed by atoms with E-state index in [-0.39, 0.29) is 0 Å². The van der Waals surface area contributed by atoms with Gasteiger partial charge in [-0.15, -0.1) is 11.6 Å². The largest absolute Gasteiger partial charge is 0.285 e. The smallest absolute Gasteiger partial charge is 0.266 e. The van der Waals surface area contributed by atoms with Gasteiger partial charge in [0.05, 0.1) is 10.6 Å². The molecule has 0 unspecified atom stereocenters. The topological polar surface area (TPSA) is 54.4 Å². The summed E-state index contributed by atoms with van der Waals surface area (Å²) in [6.07, 6.45) is 0. The molecule has 0 heterocycles. The fourth-order valence-electron chi connectivity index (χ4n) is 0.434. The maximum absolute atomic E-state index is 10.1. The van der Waals surface area contributed by atoms with Crippen molar-refractivity contribution in [3.63, 3.8) is 0 Å². The average Bonchev–Trinajstić information content (AvgIpc) is 1.14. The molecule has 0 saturated heterocycles. The van der Waals surface area contributed by atoms with Crippen LogP contribution in [0.15, 0.2) is 0 Å². The van der Waals surface area contributed by atoms with Crippen molar-refractivity contribution in [2.45, 2.75) is 18.7 Å². The molecule has 0 fully saturated rings. The van der Waals surface area contributed by atoms with Crippen LogP contribution in [0.3, 0.4) is 0 Å². The maximum atomic E-state index is 10.1. The minimum atomic E-state index is -3.91. The molecule has 56 valence electrons. The van der Waals surface area contributed by atoms with Crippen molar-refractivity contribution >= 4 is 21.7 Å². The van der Waals surface area contributed by atoms with Gasteiger partial charge in [0.25, 0.3) is 10.1 Å².